The molecule has 20 heavy (non-hydrogen) atoms. The molecule has 0 bridgehead atoms. The van der Waals surface area contributed by atoms with Crippen molar-refractivity contribution in [3.8, 4) is 0 Å². The van der Waals surface area contributed by atoms with Gasteiger partial charge in [-0.1, -0.05) is 84.5 Å². The molecule has 3 heteroatoms. The monoisotopic (exact) mass is 301 g/mol. The molecule has 0 spiro atoms. The van der Waals surface area contributed by atoms with Gasteiger partial charge in [-0.05, 0) is 17.7 Å². The molecule has 1 aromatic carbocycles. The van der Waals surface area contributed by atoms with Crippen LogP contribution in [0.2, 0.25) is 5.02 Å². The molecule has 0 saturated carbocycles. The molecule has 0 aliphatic carbocycles. The lowest BCUT2D eigenvalue weighted by molar-refractivity contribution is 0.133. The number of hydrogen-bond donors (Lipinski definition) is 0. The highest BCUT2D eigenvalue weighted by atomic mass is 35.5. The van der Waals surface area contributed by atoms with E-state index in [2.05, 4.69) is 25.7 Å². The summed E-state index contributed by atoms with van der Waals surface area (Å²) >= 11 is 5.72. The van der Waals surface area contributed by atoms with Gasteiger partial charge in [0.25, 0.3) is 0 Å². The fourth-order valence-corrected chi connectivity index (χ4v) is 1.31. The van der Waals surface area contributed by atoms with E-state index in [4.69, 9.17) is 16.4 Å². The van der Waals surface area contributed by atoms with Crippen molar-refractivity contribution in [3.05, 3.63) is 34.9 Å². The lowest BCUT2D eigenvalue weighted by Crippen LogP contribution is -1.84. The molecule has 118 valence electrons. The zero-order valence-electron chi connectivity index (χ0n) is 14.1. The van der Waals surface area contributed by atoms with E-state index in [1.165, 1.54) is 19.3 Å². The average molecular weight is 302 g/mol. The molecule has 0 atom stereocenters. The third kappa shape index (κ3) is 19.3. The standard InChI is InChI=1S/C8H8ClNO.C5H12.2C2H6/c1-10-11-6-7-3-2-4-8(9)5-7;1-3-5-4-2;2*1-2/h2-5H,1,6H2;3-5H2,1-2H3;2*1-2H3. The third-order valence-electron chi connectivity index (χ3n) is 1.92. The first-order valence-electron chi connectivity index (χ1n) is 7.57. The smallest absolute Gasteiger partial charge is 0.142 e. The second kappa shape index (κ2) is 23.1. The van der Waals surface area contributed by atoms with Crippen LogP contribution in [0.25, 0.3) is 0 Å². The van der Waals surface area contributed by atoms with Crippen molar-refractivity contribution in [2.45, 2.75) is 67.4 Å². The second-order valence-electron chi connectivity index (χ2n) is 3.39. The van der Waals surface area contributed by atoms with Crippen LogP contribution in [0.4, 0.5) is 0 Å². The molecule has 0 N–H and O–H groups in total. The number of oxime groups is 1. The van der Waals surface area contributed by atoms with Gasteiger partial charge in [-0.2, -0.15) is 0 Å². The van der Waals surface area contributed by atoms with Crippen LogP contribution in [0.1, 0.15) is 66.4 Å². The minimum absolute atomic E-state index is 0.421. The summed E-state index contributed by atoms with van der Waals surface area (Å²) in [6, 6.07) is 7.42. The molecule has 1 aromatic rings. The van der Waals surface area contributed by atoms with Gasteiger partial charge in [-0.3, -0.25) is 0 Å². The van der Waals surface area contributed by atoms with E-state index in [1.807, 2.05) is 52.0 Å². The fourth-order valence-electron chi connectivity index (χ4n) is 1.10. The molecule has 0 heterocycles. The lowest BCUT2D eigenvalue weighted by Gasteiger charge is -1.98. The van der Waals surface area contributed by atoms with E-state index >= 15 is 0 Å². The van der Waals surface area contributed by atoms with Crippen molar-refractivity contribution in [1.82, 2.24) is 0 Å². The zero-order valence-corrected chi connectivity index (χ0v) is 14.8. The summed E-state index contributed by atoms with van der Waals surface area (Å²) in [5.41, 5.74) is 0.991. The molecule has 0 radical (unpaired) electrons. The predicted molar refractivity (Wildman–Crippen MR) is 93.7 cm³/mol. The van der Waals surface area contributed by atoms with Gasteiger partial charge >= 0.3 is 0 Å². The van der Waals surface area contributed by atoms with Crippen molar-refractivity contribution in [1.29, 1.82) is 0 Å². The topological polar surface area (TPSA) is 21.6 Å². The van der Waals surface area contributed by atoms with Crippen molar-refractivity contribution < 1.29 is 4.84 Å². The van der Waals surface area contributed by atoms with E-state index in [0.29, 0.717) is 11.6 Å². The fraction of sp³-hybridized carbons (Fsp3) is 0.588. The summed E-state index contributed by atoms with van der Waals surface area (Å²) in [6.07, 6.45) is 4.08. The Morgan fingerprint density at radius 2 is 1.65 bits per heavy atom. The highest BCUT2D eigenvalue weighted by Crippen LogP contribution is 2.11. The third-order valence-corrected chi connectivity index (χ3v) is 2.15. The molecule has 0 unspecified atom stereocenters. The van der Waals surface area contributed by atoms with Gasteiger partial charge in [-0.25, -0.2) is 0 Å². The van der Waals surface area contributed by atoms with Gasteiger partial charge in [0.1, 0.15) is 6.61 Å². The normalized spacial score (nSPS) is 7.75. The maximum Gasteiger partial charge on any atom is 0.142 e. The molecule has 0 amide bonds. The Kier molecular flexibility index (Phi) is 27.8. The van der Waals surface area contributed by atoms with Crippen LogP contribution in [-0.4, -0.2) is 6.72 Å². The van der Waals surface area contributed by atoms with E-state index in [1.54, 1.807) is 0 Å². The minimum atomic E-state index is 0.421. The van der Waals surface area contributed by atoms with Crippen molar-refractivity contribution >= 4 is 18.3 Å². The van der Waals surface area contributed by atoms with Crippen LogP contribution in [0.15, 0.2) is 29.4 Å². The first kappa shape index (κ1) is 24.0. The highest BCUT2D eigenvalue weighted by molar-refractivity contribution is 6.30. The Morgan fingerprint density at radius 3 is 2.00 bits per heavy atom. The Hall–Kier alpha value is -1.02. The number of halogens is 1. The van der Waals surface area contributed by atoms with Crippen molar-refractivity contribution in [2.75, 3.05) is 0 Å². The van der Waals surface area contributed by atoms with Crippen LogP contribution >= 0.6 is 11.6 Å². The average Bonchev–Trinajstić information content (AvgIpc) is 2.51. The number of nitrogens with zero attached hydrogens (tertiary/aromatic N) is 1. The van der Waals surface area contributed by atoms with E-state index in [0.717, 1.165) is 5.56 Å². The van der Waals surface area contributed by atoms with Gasteiger partial charge in [-0.15, -0.1) is 5.16 Å². The van der Waals surface area contributed by atoms with Crippen LogP contribution in [-0.2, 0) is 11.4 Å². The quantitative estimate of drug-likeness (QED) is 0.437. The summed E-state index contributed by atoms with van der Waals surface area (Å²) in [4.78, 5) is 4.73. The second-order valence-corrected chi connectivity index (χ2v) is 3.82. The summed E-state index contributed by atoms with van der Waals surface area (Å²) in [5, 5.41) is 3.97. The maximum absolute atomic E-state index is 5.72. The zero-order chi connectivity index (χ0) is 16.2. The Balaban J connectivity index is -0.000000272. The predicted octanol–water partition coefficient (Wildman–Crippen LogP) is 6.72. The lowest BCUT2D eigenvalue weighted by atomic mass is 10.2. The highest BCUT2D eigenvalue weighted by Gasteiger charge is 1.92. The molecular weight excluding hydrogens is 270 g/mol. The van der Waals surface area contributed by atoms with E-state index in [9.17, 15) is 0 Å². The summed E-state index contributed by atoms with van der Waals surface area (Å²) in [7, 11) is 0. The van der Waals surface area contributed by atoms with E-state index in [-0.39, 0.29) is 0 Å². The van der Waals surface area contributed by atoms with Crippen molar-refractivity contribution in [2.24, 2.45) is 5.16 Å². The van der Waals surface area contributed by atoms with Crippen molar-refractivity contribution in [3.63, 3.8) is 0 Å². The van der Waals surface area contributed by atoms with Gasteiger partial charge in [0.2, 0.25) is 0 Å². The molecule has 0 aliphatic heterocycles. The number of unbranched alkanes of at least 4 members (excludes halogenated alkanes) is 2. The van der Waals surface area contributed by atoms with E-state index < -0.39 is 0 Å². The Labute approximate surface area is 131 Å². The van der Waals surface area contributed by atoms with Gasteiger partial charge in [0.15, 0.2) is 0 Å². The molecular formula is C17H32ClNO. The summed E-state index contributed by atoms with van der Waals surface area (Å²) in [5.74, 6) is 0. The summed E-state index contributed by atoms with van der Waals surface area (Å²) < 4.78 is 0. The molecule has 1 rings (SSSR count). The van der Waals surface area contributed by atoms with Gasteiger partial charge in [0.05, 0.1) is 0 Å². The molecule has 0 aromatic heterocycles. The van der Waals surface area contributed by atoms with Crippen LogP contribution < -0.4 is 0 Å². The van der Waals surface area contributed by atoms with Crippen LogP contribution in [0.3, 0.4) is 0 Å². The van der Waals surface area contributed by atoms with Gasteiger partial charge in [0, 0.05) is 11.7 Å². The Morgan fingerprint density at radius 1 is 1.10 bits per heavy atom. The number of rotatable bonds is 5. The first-order chi connectivity index (χ1) is 9.74. The SMILES string of the molecule is C=NOCc1cccc(Cl)c1.CC.CC.CCCCC. The molecule has 0 fully saturated rings. The van der Waals surface area contributed by atoms with Crippen LogP contribution in [0.5, 0.6) is 0 Å². The van der Waals surface area contributed by atoms with Gasteiger partial charge < -0.3 is 4.84 Å². The molecule has 0 saturated heterocycles. The Bertz CT molecular complexity index is 288. The first-order valence-corrected chi connectivity index (χ1v) is 7.94. The number of benzene rings is 1. The number of hydrogen-bond acceptors (Lipinski definition) is 2. The molecule has 0 aliphatic rings. The molecule has 2 nitrogen and oxygen atoms in total. The summed E-state index contributed by atoms with van der Waals surface area (Å²) in [6.45, 7) is 16.0. The minimum Gasteiger partial charge on any atom is -0.391 e. The largest absolute Gasteiger partial charge is 0.391 e. The maximum atomic E-state index is 5.72. The van der Waals surface area contributed by atoms with Crippen LogP contribution in [0, 0.1) is 0 Å².